The number of carbonyl (C=O) groups excluding carboxylic acids is 2. The topological polar surface area (TPSA) is 59.1 Å². The van der Waals surface area contributed by atoms with E-state index < -0.39 is 6.04 Å². The zero-order valence-corrected chi connectivity index (χ0v) is 21.5. The van der Waals surface area contributed by atoms with Crippen LogP contribution in [0.4, 0.5) is 10.5 Å². The molecule has 35 heavy (non-hydrogen) atoms. The predicted molar refractivity (Wildman–Crippen MR) is 137 cm³/mol. The lowest BCUT2D eigenvalue weighted by Crippen LogP contribution is -2.44. The van der Waals surface area contributed by atoms with Crippen LogP contribution in [0.5, 0.6) is 5.75 Å². The van der Waals surface area contributed by atoms with Crippen LogP contribution in [0.15, 0.2) is 54.6 Å². The zero-order chi connectivity index (χ0) is 25.1. The van der Waals surface area contributed by atoms with Crippen LogP contribution in [0.3, 0.4) is 0 Å². The molecule has 0 bridgehead atoms. The number of benzene rings is 2. The quantitative estimate of drug-likeness (QED) is 0.453. The average molecular weight is 479 g/mol. The summed E-state index contributed by atoms with van der Waals surface area (Å²) in [5.41, 5.74) is 1.70. The molecule has 0 N–H and O–H groups in total. The van der Waals surface area contributed by atoms with Gasteiger partial charge in [0.15, 0.2) is 6.04 Å². The molecule has 6 heteroatoms. The molecule has 1 saturated heterocycles. The molecular formula is C29H38N2O4. The number of carbonyl (C=O) groups is 2. The second-order valence-corrected chi connectivity index (χ2v) is 10.4. The Labute approximate surface area is 209 Å². The van der Waals surface area contributed by atoms with Crippen LogP contribution in [-0.2, 0) is 9.53 Å². The zero-order valence-electron chi connectivity index (χ0n) is 21.5. The van der Waals surface area contributed by atoms with Crippen molar-refractivity contribution in [3.8, 4) is 5.75 Å². The molecule has 1 aliphatic heterocycles. The third-order valence-electron chi connectivity index (χ3n) is 7.73. The SMILES string of the molecule is COc1ccc(N2C(=O)N([C@H](C)c3ccccc3)C[C@@H]2C(=O)OC2CC(C)CCC2C(C)C)cc1. The lowest BCUT2D eigenvalue weighted by molar-refractivity contribution is -0.157. The fourth-order valence-corrected chi connectivity index (χ4v) is 5.54. The van der Waals surface area contributed by atoms with Gasteiger partial charge in [0.1, 0.15) is 11.9 Å². The molecule has 3 unspecified atom stereocenters. The van der Waals surface area contributed by atoms with Crippen molar-refractivity contribution in [2.75, 3.05) is 18.6 Å². The van der Waals surface area contributed by atoms with E-state index >= 15 is 0 Å². The van der Waals surface area contributed by atoms with Gasteiger partial charge >= 0.3 is 12.0 Å². The second kappa shape index (κ2) is 10.7. The van der Waals surface area contributed by atoms with Crippen LogP contribution >= 0.6 is 0 Å². The van der Waals surface area contributed by atoms with Crippen LogP contribution in [0.2, 0.25) is 0 Å². The fraction of sp³-hybridized carbons (Fsp3) is 0.517. The Morgan fingerprint density at radius 3 is 2.31 bits per heavy atom. The fourth-order valence-electron chi connectivity index (χ4n) is 5.54. The van der Waals surface area contributed by atoms with Crippen molar-refractivity contribution < 1.29 is 19.1 Å². The highest BCUT2D eigenvalue weighted by Gasteiger charge is 2.46. The summed E-state index contributed by atoms with van der Waals surface area (Å²) in [5.74, 6) is 1.70. The van der Waals surface area contributed by atoms with E-state index in [1.54, 1.807) is 16.9 Å². The summed E-state index contributed by atoms with van der Waals surface area (Å²) in [5, 5.41) is 0. The first-order valence-corrected chi connectivity index (χ1v) is 12.8. The van der Waals surface area contributed by atoms with E-state index in [1.165, 1.54) is 6.42 Å². The third-order valence-corrected chi connectivity index (χ3v) is 7.73. The van der Waals surface area contributed by atoms with Crippen molar-refractivity contribution in [1.29, 1.82) is 0 Å². The number of methoxy groups -OCH3 is 1. The summed E-state index contributed by atoms with van der Waals surface area (Å²) in [6.45, 7) is 8.92. The Morgan fingerprint density at radius 2 is 1.69 bits per heavy atom. The van der Waals surface area contributed by atoms with Crippen molar-refractivity contribution in [2.45, 2.75) is 65.1 Å². The van der Waals surface area contributed by atoms with Crippen LogP contribution in [-0.4, -0.2) is 42.7 Å². The van der Waals surface area contributed by atoms with Gasteiger partial charge in [-0.2, -0.15) is 0 Å². The molecule has 2 aliphatic rings. The Kier molecular flexibility index (Phi) is 7.68. The van der Waals surface area contributed by atoms with Crippen LogP contribution in [0.1, 0.15) is 58.6 Å². The summed E-state index contributed by atoms with van der Waals surface area (Å²) < 4.78 is 11.5. The molecule has 4 rings (SSSR count). The minimum absolute atomic E-state index is 0.111. The number of ether oxygens (including phenoxy) is 2. The number of anilines is 1. The van der Waals surface area contributed by atoms with Gasteiger partial charge in [-0.3, -0.25) is 4.90 Å². The molecule has 188 valence electrons. The first kappa shape index (κ1) is 25.1. The summed E-state index contributed by atoms with van der Waals surface area (Å²) in [6.07, 6.45) is 3.00. The Bertz CT molecular complexity index is 1010. The summed E-state index contributed by atoms with van der Waals surface area (Å²) >= 11 is 0. The maximum atomic E-state index is 13.7. The van der Waals surface area contributed by atoms with E-state index in [9.17, 15) is 9.59 Å². The van der Waals surface area contributed by atoms with Gasteiger partial charge in [0, 0.05) is 5.69 Å². The maximum absolute atomic E-state index is 13.7. The van der Waals surface area contributed by atoms with Crippen molar-refractivity contribution in [1.82, 2.24) is 4.90 Å². The predicted octanol–water partition coefficient (Wildman–Crippen LogP) is 6.07. The summed E-state index contributed by atoms with van der Waals surface area (Å²) in [4.78, 5) is 30.8. The van der Waals surface area contributed by atoms with E-state index in [0.29, 0.717) is 29.2 Å². The Morgan fingerprint density at radius 1 is 1.00 bits per heavy atom. The largest absolute Gasteiger partial charge is 0.497 e. The van der Waals surface area contributed by atoms with Crippen molar-refractivity contribution in [3.63, 3.8) is 0 Å². The lowest BCUT2D eigenvalue weighted by Gasteiger charge is -2.37. The van der Waals surface area contributed by atoms with Crippen molar-refractivity contribution in [2.24, 2.45) is 17.8 Å². The summed E-state index contributed by atoms with van der Waals surface area (Å²) in [6, 6.07) is 16.1. The molecule has 2 aromatic carbocycles. The highest BCUT2D eigenvalue weighted by atomic mass is 16.5. The van der Waals surface area contributed by atoms with Crippen LogP contribution in [0.25, 0.3) is 0 Å². The molecule has 5 atom stereocenters. The first-order chi connectivity index (χ1) is 16.8. The minimum atomic E-state index is -0.702. The first-order valence-electron chi connectivity index (χ1n) is 12.8. The van der Waals surface area contributed by atoms with Gasteiger partial charge in [-0.15, -0.1) is 0 Å². The molecule has 6 nitrogen and oxygen atoms in total. The van der Waals surface area contributed by atoms with Crippen LogP contribution in [0, 0.1) is 17.8 Å². The smallest absolute Gasteiger partial charge is 0.331 e. The summed E-state index contributed by atoms with van der Waals surface area (Å²) in [7, 11) is 1.61. The van der Waals surface area contributed by atoms with Gasteiger partial charge in [0.05, 0.1) is 19.7 Å². The lowest BCUT2D eigenvalue weighted by atomic mass is 9.75. The number of esters is 1. The van der Waals surface area contributed by atoms with Gasteiger partial charge in [-0.05, 0) is 67.3 Å². The molecule has 1 aliphatic carbocycles. The highest BCUT2D eigenvalue weighted by molar-refractivity contribution is 6.02. The van der Waals surface area contributed by atoms with Gasteiger partial charge in [-0.1, -0.05) is 57.5 Å². The molecular weight excluding hydrogens is 440 g/mol. The van der Waals surface area contributed by atoms with E-state index in [2.05, 4.69) is 20.8 Å². The molecule has 0 aromatic heterocycles. The molecule has 1 heterocycles. The Balaban J connectivity index is 1.62. The minimum Gasteiger partial charge on any atom is -0.497 e. The molecule has 0 spiro atoms. The van der Waals surface area contributed by atoms with Crippen molar-refractivity contribution >= 4 is 17.7 Å². The number of urea groups is 1. The van der Waals surface area contributed by atoms with Gasteiger partial charge in [0.2, 0.25) is 0 Å². The molecule has 0 radical (unpaired) electrons. The highest BCUT2D eigenvalue weighted by Crippen LogP contribution is 2.37. The van der Waals surface area contributed by atoms with Gasteiger partial charge < -0.3 is 14.4 Å². The van der Waals surface area contributed by atoms with Crippen LogP contribution < -0.4 is 9.64 Å². The maximum Gasteiger partial charge on any atom is 0.331 e. The standard InChI is InChI=1S/C29H38N2O4/c1-19(2)25-16-11-20(3)17-27(25)35-28(32)26-18-30(21(4)22-9-7-6-8-10-22)29(33)31(26)23-12-14-24(34-5)15-13-23/h6-10,12-15,19-21,25-27H,11,16-18H2,1-5H3/t20?,21-,25?,26-,27?/m1/s1. The number of rotatable bonds is 7. The molecule has 1 saturated carbocycles. The third kappa shape index (κ3) is 5.31. The van der Waals surface area contributed by atoms with E-state index in [1.807, 2.05) is 61.5 Å². The molecule has 2 amide bonds. The molecule has 2 aromatic rings. The van der Waals surface area contributed by atoms with E-state index in [4.69, 9.17) is 9.47 Å². The molecule has 2 fully saturated rings. The number of hydrogen-bond acceptors (Lipinski definition) is 4. The monoisotopic (exact) mass is 478 g/mol. The normalized spacial score (nSPS) is 25.6. The van der Waals surface area contributed by atoms with Gasteiger partial charge in [0.25, 0.3) is 0 Å². The van der Waals surface area contributed by atoms with E-state index in [0.717, 1.165) is 18.4 Å². The Hall–Kier alpha value is -3.02. The van der Waals surface area contributed by atoms with Crippen molar-refractivity contribution in [3.05, 3.63) is 60.2 Å². The van der Waals surface area contributed by atoms with Gasteiger partial charge in [-0.25, -0.2) is 9.59 Å². The number of amides is 2. The number of hydrogen-bond donors (Lipinski definition) is 0. The van der Waals surface area contributed by atoms with E-state index in [-0.39, 0.29) is 30.7 Å². The average Bonchev–Trinajstić information content (AvgIpc) is 3.21. The number of nitrogens with zero attached hydrogens (tertiary/aromatic N) is 2. The second-order valence-electron chi connectivity index (χ2n) is 10.4.